The molecular formula is C19H17FN4O2. The van der Waals surface area contributed by atoms with Gasteiger partial charge >= 0.3 is 5.97 Å². The van der Waals surface area contributed by atoms with Crippen LogP contribution in [0.1, 0.15) is 28.4 Å². The Morgan fingerprint density at radius 3 is 2.54 bits per heavy atom. The third kappa shape index (κ3) is 2.92. The van der Waals surface area contributed by atoms with Crippen LogP contribution in [-0.2, 0) is 0 Å². The number of anilines is 1. The Kier molecular flexibility index (Phi) is 4.12. The zero-order valence-electron chi connectivity index (χ0n) is 13.9. The summed E-state index contributed by atoms with van der Waals surface area (Å²) >= 11 is 0. The fourth-order valence-electron chi connectivity index (χ4n) is 3.32. The number of para-hydroxylation sites is 1. The summed E-state index contributed by atoms with van der Waals surface area (Å²) in [6.07, 6.45) is 0.898. The van der Waals surface area contributed by atoms with Gasteiger partial charge in [-0.25, -0.2) is 9.18 Å². The first kappa shape index (κ1) is 16.3. The highest BCUT2D eigenvalue weighted by Gasteiger charge is 2.30. The van der Waals surface area contributed by atoms with Gasteiger partial charge in [-0.05, 0) is 24.1 Å². The summed E-state index contributed by atoms with van der Waals surface area (Å²) in [5, 5.41) is 17.8. The van der Waals surface area contributed by atoms with Crippen molar-refractivity contribution in [3.05, 3.63) is 71.7 Å². The molecule has 132 valence electrons. The molecule has 1 fully saturated rings. The number of aromatic carboxylic acids is 1. The number of rotatable bonds is 4. The Morgan fingerprint density at radius 1 is 1.08 bits per heavy atom. The predicted octanol–water partition coefficient (Wildman–Crippen LogP) is 3.10. The quantitative estimate of drug-likeness (QED) is 0.781. The van der Waals surface area contributed by atoms with E-state index >= 15 is 0 Å². The molecule has 2 aromatic carbocycles. The summed E-state index contributed by atoms with van der Waals surface area (Å²) in [7, 11) is 0. The molecule has 1 aliphatic rings. The van der Waals surface area contributed by atoms with Crippen LogP contribution in [0.25, 0.3) is 5.69 Å². The molecule has 2 heterocycles. The summed E-state index contributed by atoms with van der Waals surface area (Å²) < 4.78 is 14.0. The smallest absolute Gasteiger partial charge is 0.360 e. The van der Waals surface area contributed by atoms with E-state index in [9.17, 15) is 14.3 Å². The third-order valence-corrected chi connectivity index (χ3v) is 4.63. The molecule has 26 heavy (non-hydrogen) atoms. The highest BCUT2D eigenvalue weighted by molar-refractivity contribution is 5.91. The molecule has 1 aliphatic heterocycles. The van der Waals surface area contributed by atoms with Crippen LogP contribution in [0.15, 0.2) is 54.6 Å². The summed E-state index contributed by atoms with van der Waals surface area (Å²) in [5.74, 6) is -1.10. The highest BCUT2D eigenvalue weighted by Crippen LogP contribution is 2.31. The number of benzene rings is 2. The van der Waals surface area contributed by atoms with Gasteiger partial charge in [0.2, 0.25) is 5.69 Å². The summed E-state index contributed by atoms with van der Waals surface area (Å²) in [4.78, 5) is 14.6. The van der Waals surface area contributed by atoms with Gasteiger partial charge in [-0.3, -0.25) is 0 Å². The molecule has 1 atom stereocenters. The maximum atomic E-state index is 14.0. The number of hydrogen-bond acceptors (Lipinski definition) is 4. The molecule has 0 amide bonds. The molecule has 0 unspecified atom stereocenters. The van der Waals surface area contributed by atoms with E-state index < -0.39 is 11.8 Å². The molecule has 7 heteroatoms. The van der Waals surface area contributed by atoms with Gasteiger partial charge in [-0.1, -0.05) is 42.5 Å². The second kappa shape index (κ2) is 6.59. The Labute approximate surface area is 149 Å². The van der Waals surface area contributed by atoms with Gasteiger partial charge in [0.1, 0.15) is 5.69 Å². The van der Waals surface area contributed by atoms with Crippen molar-refractivity contribution in [3.8, 4) is 5.69 Å². The lowest BCUT2D eigenvalue weighted by Crippen LogP contribution is -2.22. The average Bonchev–Trinajstić information content (AvgIpc) is 3.30. The number of carboxylic acid groups (broad SMARTS) is 1. The van der Waals surface area contributed by atoms with Crippen molar-refractivity contribution in [2.75, 3.05) is 18.0 Å². The fourth-order valence-corrected chi connectivity index (χ4v) is 3.32. The van der Waals surface area contributed by atoms with Crippen LogP contribution in [0.2, 0.25) is 0 Å². The zero-order valence-corrected chi connectivity index (χ0v) is 13.9. The van der Waals surface area contributed by atoms with Gasteiger partial charge in [0.25, 0.3) is 0 Å². The molecule has 0 radical (unpaired) electrons. The van der Waals surface area contributed by atoms with Crippen LogP contribution in [0.5, 0.6) is 0 Å². The van der Waals surface area contributed by atoms with E-state index in [4.69, 9.17) is 0 Å². The average molecular weight is 352 g/mol. The summed E-state index contributed by atoms with van der Waals surface area (Å²) in [6.45, 7) is 1.33. The van der Waals surface area contributed by atoms with Gasteiger partial charge in [0, 0.05) is 19.0 Å². The van der Waals surface area contributed by atoms with E-state index in [2.05, 4.69) is 22.3 Å². The number of nitrogens with zero attached hydrogens (tertiary/aromatic N) is 4. The maximum Gasteiger partial charge on any atom is 0.360 e. The lowest BCUT2D eigenvalue weighted by molar-refractivity contribution is 0.0690. The van der Waals surface area contributed by atoms with E-state index in [0.29, 0.717) is 19.0 Å². The minimum absolute atomic E-state index is 0.125. The van der Waals surface area contributed by atoms with Crippen LogP contribution >= 0.6 is 0 Å². The monoisotopic (exact) mass is 352 g/mol. The number of hydrogen-bond donors (Lipinski definition) is 1. The van der Waals surface area contributed by atoms with Crippen LogP contribution in [0, 0.1) is 5.82 Å². The molecule has 0 aliphatic carbocycles. The van der Waals surface area contributed by atoms with E-state index in [1.165, 1.54) is 17.7 Å². The summed E-state index contributed by atoms with van der Waals surface area (Å²) in [6, 6.07) is 16.1. The molecule has 6 nitrogen and oxygen atoms in total. The van der Waals surface area contributed by atoms with Crippen LogP contribution in [0.4, 0.5) is 10.2 Å². The number of carbonyl (C=O) groups is 1. The Bertz CT molecular complexity index is 942. The Balaban J connectivity index is 1.66. The van der Waals surface area contributed by atoms with Gasteiger partial charge in [0.05, 0.1) is 0 Å². The van der Waals surface area contributed by atoms with Gasteiger partial charge < -0.3 is 10.0 Å². The summed E-state index contributed by atoms with van der Waals surface area (Å²) in [5.41, 5.74) is 1.18. The molecule has 0 bridgehead atoms. The van der Waals surface area contributed by atoms with Crippen LogP contribution < -0.4 is 4.90 Å². The minimum atomic E-state index is -1.18. The van der Waals surface area contributed by atoms with Crippen molar-refractivity contribution >= 4 is 11.8 Å². The van der Waals surface area contributed by atoms with Crippen molar-refractivity contribution in [3.63, 3.8) is 0 Å². The maximum absolute atomic E-state index is 14.0. The zero-order chi connectivity index (χ0) is 18.1. The molecule has 1 N–H and O–H groups in total. The normalized spacial score (nSPS) is 16.8. The number of halogens is 1. The first-order valence-electron chi connectivity index (χ1n) is 8.39. The predicted molar refractivity (Wildman–Crippen MR) is 94.3 cm³/mol. The second-order valence-electron chi connectivity index (χ2n) is 6.26. The van der Waals surface area contributed by atoms with Gasteiger partial charge in [-0.2, -0.15) is 0 Å². The molecule has 1 aromatic heterocycles. The topological polar surface area (TPSA) is 71.2 Å². The molecule has 0 spiro atoms. The highest BCUT2D eigenvalue weighted by atomic mass is 19.1. The van der Waals surface area contributed by atoms with Crippen LogP contribution in [-0.4, -0.2) is 39.2 Å². The molecule has 1 saturated heterocycles. The number of carboxylic acids is 1. The lowest BCUT2D eigenvalue weighted by Gasteiger charge is -2.16. The Hall–Kier alpha value is -3.22. The largest absolute Gasteiger partial charge is 0.476 e. The van der Waals surface area contributed by atoms with Crippen LogP contribution in [0.3, 0.4) is 0 Å². The van der Waals surface area contributed by atoms with Crippen molar-refractivity contribution in [2.45, 2.75) is 12.3 Å². The first-order chi connectivity index (χ1) is 12.6. The second-order valence-corrected chi connectivity index (χ2v) is 6.26. The van der Waals surface area contributed by atoms with E-state index in [0.717, 1.165) is 11.2 Å². The first-order valence-corrected chi connectivity index (χ1v) is 8.39. The van der Waals surface area contributed by atoms with Crippen molar-refractivity contribution in [2.24, 2.45) is 0 Å². The van der Waals surface area contributed by atoms with E-state index in [1.807, 2.05) is 23.1 Å². The van der Waals surface area contributed by atoms with E-state index in [-0.39, 0.29) is 17.2 Å². The Morgan fingerprint density at radius 2 is 1.81 bits per heavy atom. The van der Waals surface area contributed by atoms with Crippen molar-refractivity contribution in [1.82, 2.24) is 15.0 Å². The fraction of sp³-hybridized carbons (Fsp3) is 0.211. The van der Waals surface area contributed by atoms with E-state index in [1.54, 1.807) is 12.1 Å². The minimum Gasteiger partial charge on any atom is -0.476 e. The standard InChI is InChI=1S/C19H17FN4O2/c20-15-8-4-5-9-16(15)24-21-17(19(25)26)18(22-24)23-11-10-14(12-23)13-6-2-1-3-7-13/h1-9,14H,10-12H2,(H,25,26)/t14-/m0/s1. The van der Waals surface area contributed by atoms with Crippen molar-refractivity contribution in [1.29, 1.82) is 0 Å². The van der Waals surface area contributed by atoms with Gasteiger partial charge in [0.15, 0.2) is 11.6 Å². The number of aromatic nitrogens is 3. The molecule has 4 rings (SSSR count). The molecule has 0 saturated carbocycles. The third-order valence-electron chi connectivity index (χ3n) is 4.63. The van der Waals surface area contributed by atoms with Gasteiger partial charge in [-0.15, -0.1) is 15.0 Å². The molecular weight excluding hydrogens is 335 g/mol. The molecule has 3 aromatic rings. The SMILES string of the molecule is O=C(O)c1nn(-c2ccccc2F)nc1N1CC[C@H](c2ccccc2)C1. The lowest BCUT2D eigenvalue weighted by atomic mass is 9.99. The van der Waals surface area contributed by atoms with Crippen molar-refractivity contribution < 1.29 is 14.3 Å².